The molecule has 1 rings (SSSR count). The number of hydrogen-bond donors (Lipinski definition) is 2. The van der Waals surface area contributed by atoms with Crippen molar-refractivity contribution in [3.8, 4) is 0 Å². The molecule has 0 aliphatic carbocycles. The molecular formula is C15H22ClNO2. The minimum absolute atomic E-state index is 0.0393. The standard InChI is InChI=1S/C15H22ClNO2/c1-11(8-12(2)18)10-17-15(19)7-6-13-4-3-5-14(16)9-13/h3-5,9,11-12,18H,6-8,10H2,1-2H3,(H,17,19). The summed E-state index contributed by atoms with van der Waals surface area (Å²) in [5, 5.41) is 12.8. The van der Waals surface area contributed by atoms with E-state index in [-0.39, 0.29) is 17.9 Å². The van der Waals surface area contributed by atoms with E-state index in [4.69, 9.17) is 11.6 Å². The van der Waals surface area contributed by atoms with Crippen LogP contribution in [0.2, 0.25) is 5.02 Å². The maximum atomic E-state index is 11.7. The molecule has 0 radical (unpaired) electrons. The average molecular weight is 284 g/mol. The second-order valence-electron chi connectivity index (χ2n) is 5.12. The number of benzene rings is 1. The average Bonchev–Trinajstić information content (AvgIpc) is 2.33. The summed E-state index contributed by atoms with van der Waals surface area (Å²) in [4.78, 5) is 11.7. The van der Waals surface area contributed by atoms with Crippen LogP contribution in [0, 0.1) is 5.92 Å². The van der Waals surface area contributed by atoms with Crippen LogP contribution in [0.25, 0.3) is 0 Å². The zero-order chi connectivity index (χ0) is 14.3. The Labute approximate surface area is 120 Å². The number of aryl methyl sites for hydroxylation is 1. The predicted molar refractivity (Wildman–Crippen MR) is 78.2 cm³/mol. The molecule has 0 aliphatic rings. The largest absolute Gasteiger partial charge is 0.393 e. The van der Waals surface area contributed by atoms with Crippen molar-refractivity contribution in [3.63, 3.8) is 0 Å². The van der Waals surface area contributed by atoms with Crippen molar-refractivity contribution in [1.82, 2.24) is 5.32 Å². The molecule has 0 saturated carbocycles. The van der Waals surface area contributed by atoms with Crippen LogP contribution in [0.1, 0.15) is 32.3 Å². The highest BCUT2D eigenvalue weighted by molar-refractivity contribution is 6.30. The molecule has 0 aliphatic heterocycles. The molecule has 0 bridgehead atoms. The Hall–Kier alpha value is -1.06. The minimum atomic E-state index is -0.321. The molecule has 3 nitrogen and oxygen atoms in total. The highest BCUT2D eigenvalue weighted by atomic mass is 35.5. The highest BCUT2D eigenvalue weighted by Gasteiger charge is 2.08. The Kier molecular flexibility index (Phi) is 6.89. The number of halogens is 1. The number of aliphatic hydroxyl groups excluding tert-OH is 1. The summed E-state index contributed by atoms with van der Waals surface area (Å²) < 4.78 is 0. The third-order valence-corrected chi connectivity index (χ3v) is 3.16. The van der Waals surface area contributed by atoms with Crippen molar-refractivity contribution in [2.75, 3.05) is 6.54 Å². The molecule has 1 amide bonds. The molecule has 2 N–H and O–H groups in total. The number of aliphatic hydroxyl groups is 1. The minimum Gasteiger partial charge on any atom is -0.393 e. The Balaban J connectivity index is 2.25. The van der Waals surface area contributed by atoms with Gasteiger partial charge in [0.2, 0.25) is 5.91 Å². The number of hydrogen-bond acceptors (Lipinski definition) is 2. The Morgan fingerprint density at radius 1 is 1.42 bits per heavy atom. The summed E-state index contributed by atoms with van der Waals surface area (Å²) in [7, 11) is 0. The van der Waals surface area contributed by atoms with Gasteiger partial charge in [-0.05, 0) is 43.4 Å². The highest BCUT2D eigenvalue weighted by Crippen LogP contribution is 2.12. The molecule has 4 heteroatoms. The lowest BCUT2D eigenvalue weighted by Crippen LogP contribution is -2.29. The predicted octanol–water partition coefficient (Wildman–Crippen LogP) is 2.80. The SMILES string of the molecule is CC(O)CC(C)CNC(=O)CCc1cccc(Cl)c1. The third-order valence-electron chi connectivity index (χ3n) is 2.92. The number of rotatable bonds is 7. The molecule has 0 saturated heterocycles. The van der Waals surface area contributed by atoms with Crippen LogP contribution in [0.15, 0.2) is 24.3 Å². The summed E-state index contributed by atoms with van der Waals surface area (Å²) in [6.07, 6.45) is 1.53. The Bertz CT molecular complexity index is 407. The van der Waals surface area contributed by atoms with E-state index in [1.54, 1.807) is 6.92 Å². The third kappa shape index (κ3) is 7.19. The lowest BCUT2D eigenvalue weighted by atomic mass is 10.0. The fraction of sp³-hybridized carbons (Fsp3) is 0.533. The molecule has 0 aromatic heterocycles. The van der Waals surface area contributed by atoms with Gasteiger partial charge >= 0.3 is 0 Å². The van der Waals surface area contributed by atoms with Gasteiger partial charge in [-0.25, -0.2) is 0 Å². The van der Waals surface area contributed by atoms with Gasteiger partial charge in [-0.3, -0.25) is 4.79 Å². The number of nitrogens with one attached hydrogen (secondary N) is 1. The van der Waals surface area contributed by atoms with Gasteiger partial charge in [0.25, 0.3) is 0 Å². The number of carbonyl (C=O) groups is 1. The lowest BCUT2D eigenvalue weighted by molar-refractivity contribution is -0.121. The van der Waals surface area contributed by atoms with Crippen LogP contribution < -0.4 is 5.32 Å². The fourth-order valence-electron chi connectivity index (χ4n) is 1.99. The first-order valence-corrected chi connectivity index (χ1v) is 7.04. The van der Waals surface area contributed by atoms with Gasteiger partial charge in [-0.1, -0.05) is 30.7 Å². The molecule has 0 spiro atoms. The van der Waals surface area contributed by atoms with Gasteiger partial charge in [-0.2, -0.15) is 0 Å². The summed E-state index contributed by atoms with van der Waals surface area (Å²) in [6, 6.07) is 7.56. The number of carbonyl (C=O) groups excluding carboxylic acids is 1. The zero-order valence-corrected chi connectivity index (χ0v) is 12.3. The maximum absolute atomic E-state index is 11.7. The first kappa shape index (κ1) is 16.0. The van der Waals surface area contributed by atoms with Gasteiger partial charge in [-0.15, -0.1) is 0 Å². The van der Waals surface area contributed by atoms with Crippen molar-refractivity contribution >= 4 is 17.5 Å². The molecule has 1 aromatic carbocycles. The van der Waals surface area contributed by atoms with Crippen molar-refractivity contribution in [2.45, 2.75) is 39.2 Å². The molecule has 0 heterocycles. The molecular weight excluding hydrogens is 262 g/mol. The summed E-state index contributed by atoms with van der Waals surface area (Å²) in [6.45, 7) is 4.39. The van der Waals surface area contributed by atoms with E-state index in [1.165, 1.54) is 0 Å². The Morgan fingerprint density at radius 3 is 2.79 bits per heavy atom. The monoisotopic (exact) mass is 283 g/mol. The van der Waals surface area contributed by atoms with Crippen LogP contribution in [-0.2, 0) is 11.2 Å². The van der Waals surface area contributed by atoms with Crippen LogP contribution in [0.3, 0.4) is 0 Å². The summed E-state index contributed by atoms with van der Waals surface area (Å²) >= 11 is 5.89. The van der Waals surface area contributed by atoms with Crippen LogP contribution in [-0.4, -0.2) is 23.7 Å². The van der Waals surface area contributed by atoms with E-state index in [0.717, 1.165) is 5.56 Å². The molecule has 19 heavy (non-hydrogen) atoms. The van der Waals surface area contributed by atoms with Crippen molar-refractivity contribution in [2.24, 2.45) is 5.92 Å². The maximum Gasteiger partial charge on any atom is 0.220 e. The van der Waals surface area contributed by atoms with Gasteiger partial charge in [0.15, 0.2) is 0 Å². The number of amides is 1. The first-order valence-electron chi connectivity index (χ1n) is 6.66. The van der Waals surface area contributed by atoms with E-state index < -0.39 is 0 Å². The molecule has 2 unspecified atom stereocenters. The van der Waals surface area contributed by atoms with E-state index in [0.29, 0.717) is 30.8 Å². The second-order valence-corrected chi connectivity index (χ2v) is 5.56. The molecule has 106 valence electrons. The summed E-state index contributed by atoms with van der Waals surface area (Å²) in [5.74, 6) is 0.326. The van der Waals surface area contributed by atoms with Crippen LogP contribution in [0.5, 0.6) is 0 Å². The normalized spacial score (nSPS) is 13.9. The summed E-state index contributed by atoms with van der Waals surface area (Å²) in [5.41, 5.74) is 1.07. The van der Waals surface area contributed by atoms with Crippen LogP contribution >= 0.6 is 11.6 Å². The zero-order valence-electron chi connectivity index (χ0n) is 11.5. The first-order chi connectivity index (χ1) is 8.97. The van der Waals surface area contributed by atoms with E-state index >= 15 is 0 Å². The van der Waals surface area contributed by atoms with Crippen molar-refractivity contribution < 1.29 is 9.90 Å². The fourth-order valence-corrected chi connectivity index (χ4v) is 2.21. The van der Waals surface area contributed by atoms with Gasteiger partial charge in [0.1, 0.15) is 0 Å². The van der Waals surface area contributed by atoms with E-state index in [9.17, 15) is 9.90 Å². The van der Waals surface area contributed by atoms with E-state index in [2.05, 4.69) is 5.32 Å². The smallest absolute Gasteiger partial charge is 0.220 e. The topological polar surface area (TPSA) is 49.3 Å². The van der Waals surface area contributed by atoms with Crippen molar-refractivity contribution in [1.29, 1.82) is 0 Å². The Morgan fingerprint density at radius 2 is 2.16 bits per heavy atom. The van der Waals surface area contributed by atoms with E-state index in [1.807, 2.05) is 31.2 Å². The van der Waals surface area contributed by atoms with Gasteiger partial charge in [0.05, 0.1) is 6.10 Å². The van der Waals surface area contributed by atoms with Crippen molar-refractivity contribution in [3.05, 3.63) is 34.9 Å². The van der Waals surface area contributed by atoms with Gasteiger partial charge < -0.3 is 10.4 Å². The quantitative estimate of drug-likeness (QED) is 0.808. The second kappa shape index (κ2) is 8.18. The van der Waals surface area contributed by atoms with Gasteiger partial charge in [0, 0.05) is 18.0 Å². The van der Waals surface area contributed by atoms with Crippen LogP contribution in [0.4, 0.5) is 0 Å². The molecule has 1 aromatic rings. The lowest BCUT2D eigenvalue weighted by Gasteiger charge is -2.14. The molecule has 2 atom stereocenters. The molecule has 0 fully saturated rings.